The van der Waals surface area contributed by atoms with Crippen LogP contribution in [0.3, 0.4) is 0 Å². The molecule has 0 atom stereocenters. The molecule has 0 saturated carbocycles. The summed E-state index contributed by atoms with van der Waals surface area (Å²) in [5.74, 6) is 0.364. The van der Waals surface area contributed by atoms with Crippen molar-refractivity contribution in [2.24, 2.45) is 10.9 Å². The quantitative estimate of drug-likeness (QED) is 0.503. The number of carbonyl (C=O) groups is 1. The molecule has 1 aliphatic heterocycles. The van der Waals surface area contributed by atoms with Gasteiger partial charge in [0.25, 0.3) is 5.91 Å². The van der Waals surface area contributed by atoms with Crippen molar-refractivity contribution in [1.29, 1.82) is 0 Å². The summed E-state index contributed by atoms with van der Waals surface area (Å²) in [5.41, 5.74) is 6.84. The minimum Gasteiger partial charge on any atom is -0.384 e. The molecule has 0 spiro atoms. The van der Waals surface area contributed by atoms with Crippen LogP contribution < -0.4 is 5.73 Å². The first kappa shape index (κ1) is 14.4. The Bertz CT molecular complexity index is 453. The monoisotopic (exact) mass is 275 g/mol. The van der Waals surface area contributed by atoms with Crippen LogP contribution in [0, 0.1) is 0 Å². The van der Waals surface area contributed by atoms with Crippen molar-refractivity contribution >= 4 is 11.7 Å². The third kappa shape index (κ3) is 4.57. The lowest BCUT2D eigenvalue weighted by Crippen LogP contribution is -2.37. The molecule has 1 aromatic rings. The summed E-state index contributed by atoms with van der Waals surface area (Å²) in [6.45, 7) is 1.62. The molecule has 1 saturated heterocycles. The van der Waals surface area contributed by atoms with Crippen molar-refractivity contribution in [2.45, 2.75) is 25.7 Å². The van der Waals surface area contributed by atoms with Gasteiger partial charge in [0.15, 0.2) is 6.61 Å². The smallest absolute Gasteiger partial charge is 0.263 e. The second-order valence-electron chi connectivity index (χ2n) is 4.96. The summed E-state index contributed by atoms with van der Waals surface area (Å²) in [6.07, 6.45) is 3.88. The van der Waals surface area contributed by atoms with Gasteiger partial charge in [0.1, 0.15) is 5.84 Å². The Morgan fingerprint density at radius 3 is 2.60 bits per heavy atom. The van der Waals surface area contributed by atoms with Crippen molar-refractivity contribution in [1.82, 2.24) is 4.90 Å². The number of amides is 1. The van der Waals surface area contributed by atoms with Crippen molar-refractivity contribution < 1.29 is 9.63 Å². The van der Waals surface area contributed by atoms with E-state index in [4.69, 9.17) is 10.6 Å². The molecule has 0 unspecified atom stereocenters. The van der Waals surface area contributed by atoms with Crippen LogP contribution in [-0.4, -0.2) is 36.3 Å². The lowest BCUT2D eigenvalue weighted by Gasteiger charge is -2.25. The fourth-order valence-corrected chi connectivity index (χ4v) is 2.24. The molecule has 5 nitrogen and oxygen atoms in total. The topological polar surface area (TPSA) is 67.9 Å². The van der Waals surface area contributed by atoms with Crippen LogP contribution in [0.2, 0.25) is 0 Å². The van der Waals surface area contributed by atoms with E-state index in [2.05, 4.69) is 5.16 Å². The highest BCUT2D eigenvalue weighted by Gasteiger charge is 2.16. The van der Waals surface area contributed by atoms with Gasteiger partial charge in [0, 0.05) is 19.5 Å². The molecular formula is C15H21N3O2. The Morgan fingerprint density at radius 2 is 1.90 bits per heavy atom. The average Bonchev–Trinajstić information content (AvgIpc) is 2.49. The summed E-state index contributed by atoms with van der Waals surface area (Å²) in [4.78, 5) is 18.7. The predicted molar refractivity (Wildman–Crippen MR) is 78.2 cm³/mol. The fourth-order valence-electron chi connectivity index (χ4n) is 2.24. The van der Waals surface area contributed by atoms with Crippen LogP contribution in [0.15, 0.2) is 35.5 Å². The zero-order valence-electron chi connectivity index (χ0n) is 11.6. The molecule has 1 aliphatic rings. The number of hydrogen-bond donors (Lipinski definition) is 1. The van der Waals surface area contributed by atoms with Crippen LogP contribution in [0.4, 0.5) is 0 Å². The van der Waals surface area contributed by atoms with Gasteiger partial charge < -0.3 is 15.5 Å². The first-order valence-electron chi connectivity index (χ1n) is 7.02. The van der Waals surface area contributed by atoms with Gasteiger partial charge in [-0.25, -0.2) is 0 Å². The van der Waals surface area contributed by atoms with E-state index in [9.17, 15) is 4.79 Å². The van der Waals surface area contributed by atoms with Gasteiger partial charge in [-0.05, 0) is 24.8 Å². The van der Waals surface area contributed by atoms with Crippen LogP contribution in [0.1, 0.15) is 24.8 Å². The Morgan fingerprint density at radius 1 is 1.20 bits per heavy atom. The SMILES string of the molecule is N/C(Cc1ccccc1)=N\OCC(=O)N1CCCCC1. The third-order valence-corrected chi connectivity index (χ3v) is 3.31. The molecule has 2 rings (SSSR count). The highest BCUT2D eigenvalue weighted by Crippen LogP contribution is 2.08. The fraction of sp³-hybridized carbons (Fsp3) is 0.467. The summed E-state index contributed by atoms with van der Waals surface area (Å²) < 4.78 is 0. The van der Waals surface area contributed by atoms with Crippen molar-refractivity contribution in [3.05, 3.63) is 35.9 Å². The number of carbonyl (C=O) groups excluding carboxylic acids is 1. The Kier molecular flexibility index (Phi) is 5.41. The van der Waals surface area contributed by atoms with E-state index in [0.717, 1.165) is 31.5 Å². The maximum absolute atomic E-state index is 11.8. The van der Waals surface area contributed by atoms with E-state index in [1.165, 1.54) is 6.42 Å². The first-order valence-corrected chi connectivity index (χ1v) is 7.02. The highest BCUT2D eigenvalue weighted by molar-refractivity contribution is 5.82. The standard InChI is InChI=1S/C15H21N3O2/c16-14(11-13-7-3-1-4-8-13)17-20-12-15(19)18-9-5-2-6-10-18/h1,3-4,7-8H,2,5-6,9-12H2,(H2,16,17). The molecule has 5 heteroatoms. The number of likely N-dealkylation sites (tertiary alicyclic amines) is 1. The van der Waals surface area contributed by atoms with Gasteiger partial charge in [-0.15, -0.1) is 0 Å². The van der Waals surface area contributed by atoms with E-state index < -0.39 is 0 Å². The Hall–Kier alpha value is -2.04. The van der Waals surface area contributed by atoms with Gasteiger partial charge in [-0.3, -0.25) is 4.79 Å². The number of hydrogen-bond acceptors (Lipinski definition) is 3. The van der Waals surface area contributed by atoms with E-state index in [-0.39, 0.29) is 12.5 Å². The normalized spacial score (nSPS) is 16.0. The van der Waals surface area contributed by atoms with E-state index in [1.54, 1.807) is 0 Å². The molecule has 0 aromatic heterocycles. The lowest BCUT2D eigenvalue weighted by atomic mass is 10.1. The second-order valence-corrected chi connectivity index (χ2v) is 4.96. The molecule has 0 bridgehead atoms. The second kappa shape index (κ2) is 7.53. The van der Waals surface area contributed by atoms with Crippen LogP contribution in [0.5, 0.6) is 0 Å². The van der Waals surface area contributed by atoms with Gasteiger partial charge in [0.2, 0.25) is 0 Å². The van der Waals surface area contributed by atoms with Gasteiger partial charge >= 0.3 is 0 Å². The summed E-state index contributed by atoms with van der Waals surface area (Å²) >= 11 is 0. The van der Waals surface area contributed by atoms with Gasteiger partial charge in [-0.1, -0.05) is 35.5 Å². The molecule has 1 heterocycles. The van der Waals surface area contributed by atoms with Crippen LogP contribution in [0.25, 0.3) is 0 Å². The molecule has 20 heavy (non-hydrogen) atoms. The summed E-state index contributed by atoms with van der Waals surface area (Å²) in [7, 11) is 0. The number of benzene rings is 1. The molecule has 108 valence electrons. The largest absolute Gasteiger partial charge is 0.384 e. The predicted octanol–water partition coefficient (Wildman–Crippen LogP) is 1.53. The number of nitrogens with two attached hydrogens (primary N) is 1. The maximum Gasteiger partial charge on any atom is 0.263 e. The van der Waals surface area contributed by atoms with E-state index in [0.29, 0.717) is 12.3 Å². The Labute approximate surface area is 119 Å². The van der Waals surface area contributed by atoms with E-state index in [1.807, 2.05) is 35.2 Å². The first-order chi connectivity index (χ1) is 9.75. The average molecular weight is 275 g/mol. The molecule has 0 aliphatic carbocycles. The van der Waals surface area contributed by atoms with Crippen LogP contribution in [-0.2, 0) is 16.1 Å². The molecular weight excluding hydrogens is 254 g/mol. The van der Waals surface area contributed by atoms with Crippen molar-refractivity contribution in [3.63, 3.8) is 0 Å². The third-order valence-electron chi connectivity index (χ3n) is 3.31. The lowest BCUT2D eigenvalue weighted by molar-refractivity contribution is -0.137. The zero-order valence-corrected chi connectivity index (χ0v) is 11.6. The number of nitrogens with zero attached hydrogens (tertiary/aromatic N) is 2. The van der Waals surface area contributed by atoms with Crippen molar-refractivity contribution in [2.75, 3.05) is 19.7 Å². The minimum absolute atomic E-state index is 0.0130. The summed E-state index contributed by atoms with van der Waals surface area (Å²) in [5, 5.41) is 3.80. The van der Waals surface area contributed by atoms with Gasteiger partial charge in [-0.2, -0.15) is 0 Å². The van der Waals surface area contributed by atoms with Crippen LogP contribution >= 0.6 is 0 Å². The number of rotatable bonds is 5. The number of amidine groups is 1. The molecule has 1 fully saturated rings. The minimum atomic E-state index is -0.0323. The van der Waals surface area contributed by atoms with Gasteiger partial charge in [0.05, 0.1) is 0 Å². The molecule has 1 aromatic carbocycles. The molecule has 1 amide bonds. The highest BCUT2D eigenvalue weighted by atomic mass is 16.6. The Balaban J connectivity index is 1.73. The zero-order chi connectivity index (χ0) is 14.2. The molecule has 2 N–H and O–H groups in total. The van der Waals surface area contributed by atoms with E-state index >= 15 is 0 Å². The summed E-state index contributed by atoms with van der Waals surface area (Å²) in [6, 6.07) is 9.79. The molecule has 0 radical (unpaired) electrons. The maximum atomic E-state index is 11.8. The number of piperidine rings is 1. The van der Waals surface area contributed by atoms with Crippen molar-refractivity contribution in [3.8, 4) is 0 Å². The number of oxime groups is 1.